The average molecular weight is 400 g/mol. The molecule has 1 N–H and O–H groups in total. The number of amides is 1. The normalized spacial score (nSPS) is 15.2. The molecule has 0 bridgehead atoms. The van der Waals surface area contributed by atoms with Gasteiger partial charge in [0, 0.05) is 11.8 Å². The molecule has 1 amide bonds. The summed E-state index contributed by atoms with van der Waals surface area (Å²) in [5.74, 6) is 0.631. The van der Waals surface area contributed by atoms with Gasteiger partial charge in [0.2, 0.25) is 5.91 Å². The van der Waals surface area contributed by atoms with Gasteiger partial charge in [0.05, 0.1) is 11.3 Å². The van der Waals surface area contributed by atoms with Crippen LogP contribution in [-0.2, 0) is 11.2 Å². The van der Waals surface area contributed by atoms with E-state index in [2.05, 4.69) is 20.3 Å². The molecule has 5 rings (SSSR count). The first-order valence-corrected chi connectivity index (χ1v) is 10.2. The Kier molecular flexibility index (Phi) is 4.37. The maximum Gasteiger partial charge on any atom is 0.233 e. The Hall–Kier alpha value is -3.45. The van der Waals surface area contributed by atoms with Crippen LogP contribution in [0.5, 0.6) is 0 Å². The van der Waals surface area contributed by atoms with Gasteiger partial charge < -0.3 is 5.32 Å². The minimum absolute atomic E-state index is 0.0965. The molecule has 1 unspecified atom stereocenters. The van der Waals surface area contributed by atoms with Crippen molar-refractivity contribution < 1.29 is 9.59 Å². The number of aryl methyl sites for hydroxylation is 1. The summed E-state index contributed by atoms with van der Waals surface area (Å²) in [7, 11) is 0. The van der Waals surface area contributed by atoms with Crippen LogP contribution in [0, 0.1) is 0 Å². The van der Waals surface area contributed by atoms with Gasteiger partial charge in [0.1, 0.15) is 22.6 Å². The van der Waals surface area contributed by atoms with Gasteiger partial charge in [-0.15, -0.1) is 11.3 Å². The molecular weight excluding hydrogens is 384 g/mol. The van der Waals surface area contributed by atoms with E-state index in [1.807, 2.05) is 41.8 Å². The summed E-state index contributed by atoms with van der Waals surface area (Å²) in [6.45, 7) is 0. The van der Waals surface area contributed by atoms with Crippen LogP contribution in [0.25, 0.3) is 21.7 Å². The molecule has 1 aliphatic carbocycles. The number of nitrogens with one attached hydrogen (secondary N) is 1. The fourth-order valence-electron chi connectivity index (χ4n) is 3.75. The lowest BCUT2D eigenvalue weighted by Gasteiger charge is -2.13. The van der Waals surface area contributed by atoms with Crippen LogP contribution in [0.2, 0.25) is 0 Å². The highest BCUT2D eigenvalue weighted by molar-refractivity contribution is 7.16. The van der Waals surface area contributed by atoms with Gasteiger partial charge >= 0.3 is 0 Å². The van der Waals surface area contributed by atoms with Crippen molar-refractivity contribution in [1.82, 2.24) is 15.0 Å². The summed E-state index contributed by atoms with van der Waals surface area (Å²) < 4.78 is 0. The maximum atomic E-state index is 13.1. The molecule has 0 radical (unpaired) electrons. The first-order chi connectivity index (χ1) is 14.2. The van der Waals surface area contributed by atoms with E-state index in [9.17, 15) is 9.59 Å². The van der Waals surface area contributed by atoms with Gasteiger partial charge in [-0.25, -0.2) is 9.97 Å². The molecule has 0 spiro atoms. The van der Waals surface area contributed by atoms with E-state index in [0.717, 1.165) is 34.1 Å². The minimum Gasteiger partial charge on any atom is -0.309 e. The van der Waals surface area contributed by atoms with Gasteiger partial charge in [0.25, 0.3) is 0 Å². The second-order valence-corrected chi connectivity index (χ2v) is 7.80. The molecular formula is C22H16N4O2S. The molecule has 3 heterocycles. The van der Waals surface area contributed by atoms with Crippen molar-refractivity contribution in [3.63, 3.8) is 0 Å². The summed E-state index contributed by atoms with van der Waals surface area (Å²) in [4.78, 5) is 38.4. The Labute approximate surface area is 170 Å². The van der Waals surface area contributed by atoms with Crippen molar-refractivity contribution in [2.45, 2.75) is 18.8 Å². The molecule has 0 aliphatic heterocycles. The largest absolute Gasteiger partial charge is 0.309 e. The van der Waals surface area contributed by atoms with Crippen LogP contribution >= 0.6 is 11.3 Å². The quantitative estimate of drug-likeness (QED) is 0.518. The smallest absolute Gasteiger partial charge is 0.233 e. The van der Waals surface area contributed by atoms with Gasteiger partial charge in [-0.05, 0) is 53.6 Å². The van der Waals surface area contributed by atoms with E-state index in [1.165, 1.54) is 11.3 Å². The Morgan fingerprint density at radius 3 is 2.93 bits per heavy atom. The summed E-state index contributed by atoms with van der Waals surface area (Å²) in [6, 6.07) is 13.0. The number of carbonyl (C=O) groups excluding carboxylic acids is 2. The van der Waals surface area contributed by atoms with E-state index in [4.69, 9.17) is 0 Å². The Morgan fingerprint density at radius 1 is 1.17 bits per heavy atom. The molecule has 3 aromatic heterocycles. The van der Waals surface area contributed by atoms with Crippen LogP contribution in [0.1, 0.15) is 33.8 Å². The van der Waals surface area contributed by atoms with Gasteiger partial charge in [-0.3, -0.25) is 14.6 Å². The van der Waals surface area contributed by atoms with Gasteiger partial charge in [0.15, 0.2) is 5.82 Å². The summed E-state index contributed by atoms with van der Waals surface area (Å²) in [5.41, 5.74) is 3.34. The predicted molar refractivity (Wildman–Crippen MR) is 112 cm³/mol. The SMILES string of the molecule is O=Cc1ccc2c(c1)CCC2C(=O)Nc1nc(-c2ccccn2)nc2sccc12. The zero-order chi connectivity index (χ0) is 19.8. The van der Waals surface area contributed by atoms with E-state index in [1.54, 1.807) is 12.3 Å². The van der Waals surface area contributed by atoms with Gasteiger partial charge in [-0.2, -0.15) is 0 Å². The summed E-state index contributed by atoms with van der Waals surface area (Å²) >= 11 is 1.50. The zero-order valence-electron chi connectivity index (χ0n) is 15.3. The number of fused-ring (bicyclic) bond motifs is 2. The van der Waals surface area contributed by atoms with E-state index in [-0.39, 0.29) is 11.8 Å². The second-order valence-electron chi connectivity index (χ2n) is 6.91. The van der Waals surface area contributed by atoms with Crippen LogP contribution in [-0.4, -0.2) is 27.1 Å². The number of benzene rings is 1. The number of aromatic nitrogens is 3. The number of anilines is 1. The number of thiophene rings is 1. The fourth-order valence-corrected chi connectivity index (χ4v) is 4.51. The first-order valence-electron chi connectivity index (χ1n) is 9.28. The molecule has 0 saturated heterocycles. The third kappa shape index (κ3) is 3.19. The number of carbonyl (C=O) groups is 2. The average Bonchev–Trinajstić information content (AvgIpc) is 3.40. The topological polar surface area (TPSA) is 84.8 Å². The monoisotopic (exact) mass is 400 g/mol. The Morgan fingerprint density at radius 2 is 2.10 bits per heavy atom. The number of hydrogen-bond acceptors (Lipinski definition) is 6. The first kappa shape index (κ1) is 17.6. The van der Waals surface area contributed by atoms with Crippen molar-refractivity contribution in [1.29, 1.82) is 0 Å². The molecule has 6 nitrogen and oxygen atoms in total. The third-order valence-corrected chi connectivity index (χ3v) is 5.96. The van der Waals surface area contributed by atoms with Crippen molar-refractivity contribution in [2.75, 3.05) is 5.32 Å². The van der Waals surface area contributed by atoms with E-state index < -0.39 is 0 Å². The lowest BCUT2D eigenvalue weighted by Crippen LogP contribution is -2.20. The van der Waals surface area contributed by atoms with Crippen LogP contribution in [0.4, 0.5) is 5.82 Å². The second kappa shape index (κ2) is 7.18. The number of rotatable bonds is 4. The molecule has 0 fully saturated rings. The number of aldehydes is 1. The summed E-state index contributed by atoms with van der Waals surface area (Å²) in [5, 5.41) is 5.76. The summed E-state index contributed by atoms with van der Waals surface area (Å²) in [6.07, 6.45) is 4.03. The highest BCUT2D eigenvalue weighted by Gasteiger charge is 2.29. The predicted octanol–water partition coefficient (Wildman–Crippen LogP) is 4.23. The maximum absolute atomic E-state index is 13.1. The lowest BCUT2D eigenvalue weighted by molar-refractivity contribution is -0.117. The van der Waals surface area contributed by atoms with Crippen LogP contribution < -0.4 is 5.32 Å². The molecule has 1 aromatic carbocycles. The molecule has 1 atom stereocenters. The number of pyridine rings is 1. The molecule has 142 valence electrons. The van der Waals surface area contributed by atoms with Crippen molar-refractivity contribution in [2.24, 2.45) is 0 Å². The van der Waals surface area contributed by atoms with Crippen molar-refractivity contribution >= 4 is 39.6 Å². The Bertz CT molecular complexity index is 1240. The van der Waals surface area contributed by atoms with E-state index >= 15 is 0 Å². The standard InChI is InChI=1S/C22H16N4O2S/c27-12-13-4-6-15-14(11-13)5-7-16(15)21(28)25-19-17-8-10-29-22(17)26-20(24-19)18-3-1-2-9-23-18/h1-4,6,8-12,16H,5,7H2,(H,24,25,26,28). The molecule has 29 heavy (non-hydrogen) atoms. The van der Waals surface area contributed by atoms with Crippen LogP contribution in [0.15, 0.2) is 54.0 Å². The molecule has 0 saturated carbocycles. The van der Waals surface area contributed by atoms with Crippen LogP contribution in [0.3, 0.4) is 0 Å². The molecule has 1 aliphatic rings. The third-order valence-electron chi connectivity index (χ3n) is 5.16. The lowest BCUT2D eigenvalue weighted by atomic mass is 9.99. The highest BCUT2D eigenvalue weighted by Crippen LogP contribution is 2.35. The van der Waals surface area contributed by atoms with Crippen molar-refractivity contribution in [3.8, 4) is 11.5 Å². The highest BCUT2D eigenvalue weighted by atomic mass is 32.1. The van der Waals surface area contributed by atoms with E-state index in [0.29, 0.717) is 29.3 Å². The molecule has 4 aromatic rings. The van der Waals surface area contributed by atoms with Gasteiger partial charge in [-0.1, -0.05) is 18.2 Å². The number of hydrogen-bond donors (Lipinski definition) is 1. The fraction of sp³-hybridized carbons (Fsp3) is 0.136. The molecule has 7 heteroatoms. The minimum atomic E-state index is -0.257. The zero-order valence-corrected chi connectivity index (χ0v) is 16.1. The van der Waals surface area contributed by atoms with Crippen molar-refractivity contribution in [3.05, 3.63) is 70.7 Å². The Balaban J connectivity index is 1.49. The number of nitrogens with zero attached hydrogens (tertiary/aromatic N) is 3.